The van der Waals surface area contributed by atoms with Crippen LogP contribution in [0.4, 0.5) is 0 Å². The molecule has 122 valence electrons. The number of benzene rings is 2. The third-order valence-corrected chi connectivity index (χ3v) is 4.42. The van der Waals surface area contributed by atoms with E-state index in [1.165, 1.54) is 11.8 Å². The fourth-order valence-corrected chi connectivity index (χ4v) is 2.89. The Morgan fingerprint density at radius 3 is 2.42 bits per heavy atom. The first-order valence-electron chi connectivity index (χ1n) is 7.51. The summed E-state index contributed by atoms with van der Waals surface area (Å²) in [5.41, 5.74) is 1.96. The minimum Gasteiger partial charge on any atom is -0.460 e. The molecule has 0 fully saturated rings. The van der Waals surface area contributed by atoms with Crippen LogP contribution in [0.5, 0.6) is 0 Å². The summed E-state index contributed by atoms with van der Waals surface area (Å²) in [6.45, 7) is 0.286. The van der Waals surface area contributed by atoms with E-state index in [-0.39, 0.29) is 18.3 Å². The van der Waals surface area contributed by atoms with Gasteiger partial charge in [0.2, 0.25) is 0 Å². The smallest absolute Gasteiger partial charge is 0.316 e. The summed E-state index contributed by atoms with van der Waals surface area (Å²) in [6, 6.07) is 19.4. The van der Waals surface area contributed by atoms with Crippen LogP contribution in [0, 0.1) is 0 Å². The van der Waals surface area contributed by atoms with Gasteiger partial charge in [0.15, 0.2) is 11.0 Å². The second-order valence-electron chi connectivity index (χ2n) is 5.17. The number of hydrogen-bond acceptors (Lipinski definition) is 5. The van der Waals surface area contributed by atoms with Crippen LogP contribution in [0.2, 0.25) is 0 Å². The summed E-state index contributed by atoms with van der Waals surface area (Å²) in [6.07, 6.45) is 0. The highest BCUT2D eigenvalue weighted by Gasteiger charge is 2.13. The molecule has 1 heterocycles. The second kappa shape index (κ2) is 7.79. The maximum Gasteiger partial charge on any atom is 0.316 e. The van der Waals surface area contributed by atoms with Crippen LogP contribution in [0.1, 0.15) is 5.56 Å². The van der Waals surface area contributed by atoms with Crippen molar-refractivity contribution in [3.8, 4) is 11.4 Å². The third kappa shape index (κ3) is 4.02. The molecule has 0 radical (unpaired) electrons. The molecule has 6 heteroatoms. The van der Waals surface area contributed by atoms with Crippen molar-refractivity contribution in [1.29, 1.82) is 0 Å². The van der Waals surface area contributed by atoms with Crippen LogP contribution in [0.3, 0.4) is 0 Å². The number of thioether (sulfide) groups is 1. The maximum atomic E-state index is 11.9. The van der Waals surface area contributed by atoms with Crippen LogP contribution >= 0.6 is 11.8 Å². The minimum absolute atomic E-state index is 0.202. The zero-order valence-electron chi connectivity index (χ0n) is 13.3. The Kier molecular flexibility index (Phi) is 5.28. The molecular formula is C18H17N3O2S. The van der Waals surface area contributed by atoms with Gasteiger partial charge in [-0.05, 0) is 5.56 Å². The highest BCUT2D eigenvalue weighted by molar-refractivity contribution is 7.99. The summed E-state index contributed by atoms with van der Waals surface area (Å²) in [5.74, 6) is 0.706. The number of aromatic nitrogens is 3. The Hall–Kier alpha value is -2.60. The van der Waals surface area contributed by atoms with Crippen LogP contribution in [0.25, 0.3) is 11.4 Å². The molecule has 0 N–H and O–H groups in total. The Morgan fingerprint density at radius 1 is 1.04 bits per heavy atom. The molecule has 0 amide bonds. The van der Waals surface area contributed by atoms with Gasteiger partial charge in [-0.25, -0.2) is 0 Å². The third-order valence-electron chi connectivity index (χ3n) is 3.43. The van der Waals surface area contributed by atoms with E-state index in [4.69, 9.17) is 4.74 Å². The van der Waals surface area contributed by atoms with Crippen molar-refractivity contribution in [3.63, 3.8) is 0 Å². The predicted octanol–water partition coefficient (Wildman–Crippen LogP) is 3.32. The van der Waals surface area contributed by atoms with E-state index in [2.05, 4.69) is 10.2 Å². The van der Waals surface area contributed by atoms with Gasteiger partial charge in [0, 0.05) is 12.6 Å². The molecule has 0 bridgehead atoms. The van der Waals surface area contributed by atoms with Gasteiger partial charge in [-0.1, -0.05) is 72.4 Å². The summed E-state index contributed by atoms with van der Waals surface area (Å²) < 4.78 is 7.14. The molecule has 0 saturated heterocycles. The average Bonchev–Trinajstić information content (AvgIpc) is 3.00. The normalized spacial score (nSPS) is 10.5. The molecule has 0 spiro atoms. The first-order valence-corrected chi connectivity index (χ1v) is 8.50. The van der Waals surface area contributed by atoms with Crippen LogP contribution in [-0.2, 0) is 23.2 Å². The average molecular weight is 339 g/mol. The Bertz CT molecular complexity index is 804. The van der Waals surface area contributed by atoms with Crippen molar-refractivity contribution in [2.24, 2.45) is 7.05 Å². The lowest BCUT2D eigenvalue weighted by Crippen LogP contribution is -2.08. The quantitative estimate of drug-likeness (QED) is 0.509. The number of esters is 1. The summed E-state index contributed by atoms with van der Waals surface area (Å²) in [4.78, 5) is 11.9. The van der Waals surface area contributed by atoms with E-state index in [0.29, 0.717) is 5.16 Å². The van der Waals surface area contributed by atoms with Crippen molar-refractivity contribution in [3.05, 3.63) is 66.2 Å². The molecule has 0 unspecified atom stereocenters. The van der Waals surface area contributed by atoms with Crippen molar-refractivity contribution < 1.29 is 9.53 Å². The molecular weight excluding hydrogens is 322 g/mol. The lowest BCUT2D eigenvalue weighted by molar-refractivity contribution is -0.141. The lowest BCUT2D eigenvalue weighted by atomic mass is 10.2. The molecule has 0 atom stereocenters. The minimum atomic E-state index is -0.270. The van der Waals surface area contributed by atoms with Gasteiger partial charge in [-0.15, -0.1) is 10.2 Å². The van der Waals surface area contributed by atoms with E-state index in [0.717, 1.165) is 17.0 Å². The van der Waals surface area contributed by atoms with Crippen LogP contribution in [0.15, 0.2) is 65.8 Å². The molecule has 2 aromatic carbocycles. The van der Waals surface area contributed by atoms with Gasteiger partial charge in [0.25, 0.3) is 0 Å². The largest absolute Gasteiger partial charge is 0.460 e. The van der Waals surface area contributed by atoms with Gasteiger partial charge < -0.3 is 9.30 Å². The van der Waals surface area contributed by atoms with Crippen LogP contribution < -0.4 is 0 Å². The van der Waals surface area contributed by atoms with Crippen LogP contribution in [-0.4, -0.2) is 26.5 Å². The van der Waals surface area contributed by atoms with Crippen molar-refractivity contribution in [2.75, 3.05) is 5.75 Å². The number of nitrogens with zero attached hydrogens (tertiary/aromatic N) is 3. The van der Waals surface area contributed by atoms with E-state index in [9.17, 15) is 4.79 Å². The molecule has 5 nitrogen and oxygen atoms in total. The standard InChI is InChI=1S/C18H17N3O2S/c1-21-17(15-10-6-3-7-11-15)19-20-18(21)24-13-16(22)23-12-14-8-4-2-5-9-14/h2-11H,12-13H2,1H3. The fourth-order valence-electron chi connectivity index (χ4n) is 2.18. The maximum absolute atomic E-state index is 11.9. The highest BCUT2D eigenvalue weighted by Crippen LogP contribution is 2.22. The molecule has 0 aliphatic rings. The highest BCUT2D eigenvalue weighted by atomic mass is 32.2. The second-order valence-corrected chi connectivity index (χ2v) is 6.11. The lowest BCUT2D eigenvalue weighted by Gasteiger charge is -2.05. The van der Waals surface area contributed by atoms with E-state index in [1.807, 2.05) is 72.3 Å². The molecule has 0 saturated carbocycles. The first kappa shape index (κ1) is 16.3. The Morgan fingerprint density at radius 2 is 1.71 bits per heavy atom. The van der Waals surface area contributed by atoms with Crippen molar-refractivity contribution in [2.45, 2.75) is 11.8 Å². The first-order chi connectivity index (χ1) is 11.7. The van der Waals surface area contributed by atoms with E-state index < -0.39 is 0 Å². The molecule has 1 aromatic heterocycles. The molecule has 3 rings (SSSR count). The van der Waals surface area contributed by atoms with Crippen molar-refractivity contribution in [1.82, 2.24) is 14.8 Å². The molecule has 0 aliphatic carbocycles. The number of carbonyl (C=O) groups is 1. The topological polar surface area (TPSA) is 57.0 Å². The van der Waals surface area contributed by atoms with Gasteiger partial charge >= 0.3 is 5.97 Å². The SMILES string of the molecule is Cn1c(SCC(=O)OCc2ccccc2)nnc1-c1ccccc1. The summed E-state index contributed by atoms with van der Waals surface area (Å²) in [7, 11) is 1.89. The van der Waals surface area contributed by atoms with E-state index in [1.54, 1.807) is 0 Å². The zero-order valence-corrected chi connectivity index (χ0v) is 14.1. The summed E-state index contributed by atoms with van der Waals surface area (Å²) in [5, 5.41) is 9.03. The molecule has 3 aromatic rings. The molecule has 24 heavy (non-hydrogen) atoms. The monoisotopic (exact) mass is 339 g/mol. The van der Waals surface area contributed by atoms with Gasteiger partial charge in [0.1, 0.15) is 6.61 Å². The van der Waals surface area contributed by atoms with Crippen molar-refractivity contribution >= 4 is 17.7 Å². The van der Waals surface area contributed by atoms with Gasteiger partial charge in [-0.3, -0.25) is 4.79 Å². The predicted molar refractivity (Wildman–Crippen MR) is 93.4 cm³/mol. The van der Waals surface area contributed by atoms with Gasteiger partial charge in [0.05, 0.1) is 5.75 Å². The molecule has 0 aliphatic heterocycles. The Balaban J connectivity index is 1.55. The fraction of sp³-hybridized carbons (Fsp3) is 0.167. The zero-order chi connectivity index (χ0) is 16.8. The number of hydrogen-bond donors (Lipinski definition) is 0. The van der Waals surface area contributed by atoms with Gasteiger partial charge in [-0.2, -0.15) is 0 Å². The number of carbonyl (C=O) groups excluding carboxylic acids is 1. The number of ether oxygens (including phenoxy) is 1. The Labute approximate surface area is 144 Å². The summed E-state index contributed by atoms with van der Waals surface area (Å²) >= 11 is 1.32. The number of rotatable bonds is 6. The van der Waals surface area contributed by atoms with E-state index >= 15 is 0 Å².